The first-order valence-electron chi connectivity index (χ1n) is 9.75. The molecule has 2 heterocycles. The fourth-order valence-electron chi connectivity index (χ4n) is 4.31. The van der Waals surface area contributed by atoms with Crippen LogP contribution in [-0.2, 0) is 9.53 Å². The van der Waals surface area contributed by atoms with E-state index in [1.165, 1.54) is 12.1 Å². The maximum atomic E-state index is 14.2. The Kier molecular flexibility index (Phi) is 10.3. The highest BCUT2D eigenvalue weighted by atomic mass is 35.5. The minimum Gasteiger partial charge on any atom is -0.368 e. The average molecular weight is 454 g/mol. The summed E-state index contributed by atoms with van der Waals surface area (Å²) < 4.78 is 33.1. The van der Waals surface area contributed by atoms with Crippen molar-refractivity contribution < 1.29 is 18.3 Å². The van der Waals surface area contributed by atoms with Crippen molar-refractivity contribution >= 4 is 30.7 Å². The molecular weight excluding hydrogens is 423 g/mol. The molecule has 0 saturated carbocycles. The molecule has 1 amide bonds. The summed E-state index contributed by atoms with van der Waals surface area (Å²) >= 11 is 0. The van der Waals surface area contributed by atoms with Crippen molar-refractivity contribution in [1.29, 1.82) is 0 Å². The molecule has 0 bridgehead atoms. The Morgan fingerprint density at radius 3 is 2.31 bits per heavy atom. The maximum Gasteiger partial charge on any atom is 0.254 e. The van der Waals surface area contributed by atoms with Crippen LogP contribution in [0.25, 0.3) is 0 Å². The van der Waals surface area contributed by atoms with Gasteiger partial charge in [0.2, 0.25) is 0 Å². The van der Waals surface area contributed by atoms with E-state index in [4.69, 9.17) is 4.74 Å². The van der Waals surface area contributed by atoms with Gasteiger partial charge in [-0.2, -0.15) is 0 Å². The van der Waals surface area contributed by atoms with Gasteiger partial charge in [0, 0.05) is 51.0 Å². The smallest absolute Gasteiger partial charge is 0.254 e. The molecule has 0 radical (unpaired) electrons. The van der Waals surface area contributed by atoms with Crippen LogP contribution in [0.1, 0.15) is 37.8 Å². The van der Waals surface area contributed by atoms with E-state index < -0.39 is 17.2 Å². The molecule has 1 aromatic carbocycles. The minimum absolute atomic E-state index is 0. The number of ether oxygens (including phenoxy) is 1. The molecule has 2 aliphatic rings. The topological polar surface area (TPSA) is 44.8 Å². The zero-order valence-corrected chi connectivity index (χ0v) is 18.6. The van der Waals surface area contributed by atoms with Gasteiger partial charge in [-0.15, -0.1) is 24.8 Å². The van der Waals surface area contributed by atoms with Crippen LogP contribution >= 0.6 is 24.8 Å². The van der Waals surface area contributed by atoms with Crippen molar-refractivity contribution in [3.63, 3.8) is 0 Å². The second-order valence-corrected chi connectivity index (χ2v) is 7.37. The van der Waals surface area contributed by atoms with Crippen molar-refractivity contribution in [1.82, 2.24) is 15.1 Å². The summed E-state index contributed by atoms with van der Waals surface area (Å²) in [5, 5.41) is 3.27. The van der Waals surface area contributed by atoms with Gasteiger partial charge in [-0.3, -0.25) is 9.69 Å². The zero-order valence-electron chi connectivity index (χ0n) is 17.0. The third-order valence-electron chi connectivity index (χ3n) is 5.94. The monoisotopic (exact) mass is 453 g/mol. The maximum absolute atomic E-state index is 14.2. The van der Waals surface area contributed by atoms with Gasteiger partial charge in [-0.25, -0.2) is 8.78 Å². The molecule has 1 unspecified atom stereocenters. The van der Waals surface area contributed by atoms with Gasteiger partial charge in [-0.1, -0.05) is 13.0 Å². The molecule has 166 valence electrons. The molecule has 0 aliphatic carbocycles. The van der Waals surface area contributed by atoms with Crippen LogP contribution in [0.3, 0.4) is 0 Å². The van der Waals surface area contributed by atoms with Gasteiger partial charge in [0.1, 0.15) is 17.2 Å². The Labute approximate surface area is 184 Å². The number of rotatable bonds is 5. The lowest BCUT2D eigenvalue weighted by Gasteiger charge is -2.43. The molecular formula is C20H31Cl2F2N3O2. The largest absolute Gasteiger partial charge is 0.368 e. The molecule has 0 aromatic heterocycles. The zero-order chi connectivity index (χ0) is 19.4. The average Bonchev–Trinajstić information content (AvgIpc) is 2.70. The Morgan fingerprint density at radius 2 is 1.79 bits per heavy atom. The highest BCUT2D eigenvalue weighted by Crippen LogP contribution is 2.30. The first-order chi connectivity index (χ1) is 13.0. The number of benzene rings is 1. The first kappa shape index (κ1) is 26.0. The number of hydrogen-bond acceptors (Lipinski definition) is 4. The number of nitrogens with one attached hydrogen (secondary N) is 1. The molecule has 1 aromatic rings. The van der Waals surface area contributed by atoms with E-state index in [9.17, 15) is 13.6 Å². The summed E-state index contributed by atoms with van der Waals surface area (Å²) in [5.41, 5.74) is -0.203. The molecule has 1 N–H and O–H groups in total. The standard InChI is InChI=1S/C20H29F2N3O2.2ClH/c1-3-18(16-5-4-15(21)14-17(16)22)24-10-12-25(13-11-24)19(26)20(27-2)6-8-23-9-7-20;;/h4-5,14,18,23H,3,6-13H2,1-2H3;2*1H. The molecule has 2 saturated heterocycles. The fraction of sp³-hybridized carbons (Fsp3) is 0.650. The van der Waals surface area contributed by atoms with Gasteiger partial charge in [0.15, 0.2) is 0 Å². The number of halogens is 4. The Balaban J connectivity index is 0.00000210. The number of nitrogens with zero attached hydrogens (tertiary/aromatic N) is 2. The van der Waals surface area contributed by atoms with Crippen LogP contribution < -0.4 is 5.32 Å². The van der Waals surface area contributed by atoms with Gasteiger partial charge >= 0.3 is 0 Å². The van der Waals surface area contributed by atoms with Gasteiger partial charge in [-0.05, 0) is 38.4 Å². The lowest BCUT2D eigenvalue weighted by molar-refractivity contribution is -0.160. The quantitative estimate of drug-likeness (QED) is 0.743. The molecule has 0 spiro atoms. The molecule has 3 rings (SSSR count). The number of piperidine rings is 1. The molecule has 2 fully saturated rings. The Bertz CT molecular complexity index is 667. The van der Waals surface area contributed by atoms with Crippen LogP contribution in [0.15, 0.2) is 18.2 Å². The SMILES string of the molecule is CCC(c1ccc(F)cc1F)N1CCN(C(=O)C2(OC)CCNCC2)CC1.Cl.Cl. The van der Waals surface area contributed by atoms with Crippen molar-refractivity contribution in [3.05, 3.63) is 35.4 Å². The summed E-state index contributed by atoms with van der Waals surface area (Å²) in [6, 6.07) is 3.67. The van der Waals surface area contributed by atoms with E-state index in [2.05, 4.69) is 10.2 Å². The number of carbonyl (C=O) groups is 1. The van der Waals surface area contributed by atoms with E-state index in [1.807, 2.05) is 11.8 Å². The molecule has 2 aliphatic heterocycles. The predicted octanol–water partition coefficient (Wildman–Crippen LogP) is 3.17. The lowest BCUT2D eigenvalue weighted by Crippen LogP contribution is -2.59. The van der Waals surface area contributed by atoms with E-state index in [1.54, 1.807) is 7.11 Å². The molecule has 29 heavy (non-hydrogen) atoms. The highest BCUT2D eigenvalue weighted by molar-refractivity contribution is 5.86. The van der Waals surface area contributed by atoms with E-state index >= 15 is 0 Å². The van der Waals surface area contributed by atoms with E-state index in [0.717, 1.165) is 25.6 Å². The van der Waals surface area contributed by atoms with Crippen LogP contribution in [-0.4, -0.2) is 67.7 Å². The third kappa shape index (κ3) is 5.58. The second kappa shape index (κ2) is 11.4. The number of amides is 1. The summed E-state index contributed by atoms with van der Waals surface area (Å²) in [6.45, 7) is 6.08. The van der Waals surface area contributed by atoms with E-state index in [0.29, 0.717) is 44.6 Å². The molecule has 9 heteroatoms. The van der Waals surface area contributed by atoms with Crippen molar-refractivity contribution in [2.24, 2.45) is 0 Å². The van der Waals surface area contributed by atoms with Crippen LogP contribution in [0.5, 0.6) is 0 Å². The van der Waals surface area contributed by atoms with Gasteiger partial charge in [0.25, 0.3) is 5.91 Å². The summed E-state index contributed by atoms with van der Waals surface area (Å²) in [4.78, 5) is 17.1. The number of methoxy groups -OCH3 is 1. The first-order valence-corrected chi connectivity index (χ1v) is 9.75. The van der Waals surface area contributed by atoms with Crippen molar-refractivity contribution in [2.75, 3.05) is 46.4 Å². The van der Waals surface area contributed by atoms with Crippen LogP contribution in [0.2, 0.25) is 0 Å². The van der Waals surface area contributed by atoms with E-state index in [-0.39, 0.29) is 36.8 Å². The number of hydrogen-bond donors (Lipinski definition) is 1. The molecule has 1 atom stereocenters. The van der Waals surface area contributed by atoms with Crippen LogP contribution in [0, 0.1) is 11.6 Å². The van der Waals surface area contributed by atoms with Gasteiger partial charge < -0.3 is 15.0 Å². The normalized spacial score (nSPS) is 20.3. The summed E-state index contributed by atoms with van der Waals surface area (Å²) in [7, 11) is 1.61. The lowest BCUT2D eigenvalue weighted by atomic mass is 9.90. The van der Waals surface area contributed by atoms with Crippen molar-refractivity contribution in [3.8, 4) is 0 Å². The minimum atomic E-state index is -0.722. The van der Waals surface area contributed by atoms with Crippen molar-refractivity contribution in [2.45, 2.75) is 37.8 Å². The number of carbonyl (C=O) groups excluding carboxylic acids is 1. The summed E-state index contributed by atoms with van der Waals surface area (Å²) in [5.74, 6) is -1.01. The Morgan fingerprint density at radius 1 is 1.17 bits per heavy atom. The fourth-order valence-corrected chi connectivity index (χ4v) is 4.31. The third-order valence-corrected chi connectivity index (χ3v) is 5.94. The summed E-state index contributed by atoms with van der Waals surface area (Å²) in [6.07, 6.45) is 2.09. The molecule has 5 nitrogen and oxygen atoms in total. The van der Waals surface area contributed by atoms with Crippen LogP contribution in [0.4, 0.5) is 8.78 Å². The van der Waals surface area contributed by atoms with Gasteiger partial charge in [0.05, 0.1) is 0 Å². The highest BCUT2D eigenvalue weighted by Gasteiger charge is 2.43. The number of piperazine rings is 1. The second-order valence-electron chi connectivity index (χ2n) is 7.37. The predicted molar refractivity (Wildman–Crippen MR) is 114 cm³/mol. The Hall–Kier alpha value is -0.990.